The molecule has 1 fully saturated rings. The molecule has 3 rings (SSSR count). The Bertz CT molecular complexity index is 588. The first-order valence-corrected chi connectivity index (χ1v) is 7.80. The zero-order valence-corrected chi connectivity index (χ0v) is 12.3. The summed E-state index contributed by atoms with van der Waals surface area (Å²) in [6.07, 6.45) is 5.64. The maximum Gasteiger partial charge on any atom is 0.115 e. The van der Waals surface area contributed by atoms with Gasteiger partial charge in [0.1, 0.15) is 5.75 Å². The summed E-state index contributed by atoms with van der Waals surface area (Å²) in [6.45, 7) is 0. The van der Waals surface area contributed by atoms with Gasteiger partial charge in [-0.25, -0.2) is 0 Å². The molecule has 1 atom stereocenters. The minimum atomic E-state index is 0.0872. The Labute approximate surface area is 126 Å². The first-order valence-electron chi connectivity index (χ1n) is 7.80. The Balaban J connectivity index is 1.87. The summed E-state index contributed by atoms with van der Waals surface area (Å²) >= 11 is 0. The highest BCUT2D eigenvalue weighted by Gasteiger charge is 2.40. The molecular weight excluding hydrogens is 258 g/mol. The van der Waals surface area contributed by atoms with Crippen LogP contribution in [0.3, 0.4) is 0 Å². The zero-order valence-electron chi connectivity index (χ0n) is 12.3. The Morgan fingerprint density at radius 1 is 1.00 bits per heavy atom. The Morgan fingerprint density at radius 3 is 2.38 bits per heavy atom. The molecular formula is C19H23NO. The number of aromatic hydroxyl groups is 1. The molecule has 1 aliphatic rings. The first-order chi connectivity index (χ1) is 10.2. The molecule has 2 aromatic rings. The lowest BCUT2D eigenvalue weighted by molar-refractivity contribution is 0.347. The van der Waals surface area contributed by atoms with Crippen LogP contribution in [0.2, 0.25) is 0 Å². The molecule has 0 heterocycles. The second-order valence-electron chi connectivity index (χ2n) is 6.21. The van der Waals surface area contributed by atoms with E-state index in [4.69, 9.17) is 5.73 Å². The molecule has 0 amide bonds. The Kier molecular flexibility index (Phi) is 3.98. The molecule has 110 valence electrons. The van der Waals surface area contributed by atoms with Crippen LogP contribution in [0.5, 0.6) is 5.75 Å². The molecule has 2 nitrogen and oxygen atoms in total. The molecule has 0 spiro atoms. The monoisotopic (exact) mass is 281 g/mol. The lowest BCUT2D eigenvalue weighted by Crippen LogP contribution is -2.45. The molecule has 0 aliphatic heterocycles. The fourth-order valence-corrected chi connectivity index (χ4v) is 3.78. The van der Waals surface area contributed by atoms with E-state index in [0.717, 1.165) is 24.8 Å². The largest absolute Gasteiger partial charge is 0.508 e. The van der Waals surface area contributed by atoms with E-state index in [9.17, 15) is 5.11 Å². The second kappa shape index (κ2) is 5.90. The average Bonchev–Trinajstić information content (AvgIpc) is 2.99. The highest BCUT2D eigenvalue weighted by atomic mass is 16.3. The number of hydrogen-bond donors (Lipinski definition) is 2. The molecule has 0 saturated heterocycles. The fourth-order valence-electron chi connectivity index (χ4n) is 3.78. The van der Waals surface area contributed by atoms with Crippen molar-refractivity contribution in [1.29, 1.82) is 0 Å². The van der Waals surface area contributed by atoms with Crippen molar-refractivity contribution in [3.8, 4) is 5.75 Å². The number of rotatable bonds is 4. The lowest BCUT2D eigenvalue weighted by atomic mass is 9.71. The van der Waals surface area contributed by atoms with Crippen molar-refractivity contribution in [2.75, 3.05) is 0 Å². The van der Waals surface area contributed by atoms with Crippen LogP contribution >= 0.6 is 0 Å². The summed E-state index contributed by atoms with van der Waals surface area (Å²) < 4.78 is 0. The van der Waals surface area contributed by atoms with E-state index >= 15 is 0 Å². The third-order valence-corrected chi connectivity index (χ3v) is 4.92. The van der Waals surface area contributed by atoms with Crippen molar-refractivity contribution in [2.24, 2.45) is 5.73 Å². The number of hydrogen-bond acceptors (Lipinski definition) is 2. The quantitative estimate of drug-likeness (QED) is 0.896. The average molecular weight is 281 g/mol. The van der Waals surface area contributed by atoms with Gasteiger partial charge in [0.2, 0.25) is 0 Å². The smallest absolute Gasteiger partial charge is 0.115 e. The molecule has 21 heavy (non-hydrogen) atoms. The van der Waals surface area contributed by atoms with Crippen molar-refractivity contribution in [1.82, 2.24) is 0 Å². The SMILES string of the molecule is NC(Cc1cccc(O)c1)C1(c2ccccc2)CCCC1. The third-order valence-electron chi connectivity index (χ3n) is 4.92. The van der Waals surface area contributed by atoms with E-state index in [-0.39, 0.29) is 11.5 Å². The highest BCUT2D eigenvalue weighted by molar-refractivity contribution is 5.32. The fraction of sp³-hybridized carbons (Fsp3) is 0.368. The van der Waals surface area contributed by atoms with Gasteiger partial charge in [0.05, 0.1) is 0 Å². The van der Waals surface area contributed by atoms with Gasteiger partial charge in [0.25, 0.3) is 0 Å². The maximum atomic E-state index is 9.63. The van der Waals surface area contributed by atoms with Gasteiger partial charge >= 0.3 is 0 Å². The number of nitrogens with two attached hydrogens (primary N) is 1. The predicted molar refractivity (Wildman–Crippen MR) is 86.4 cm³/mol. The van der Waals surface area contributed by atoms with Crippen LogP contribution in [0.1, 0.15) is 36.8 Å². The minimum Gasteiger partial charge on any atom is -0.508 e. The summed E-state index contributed by atoms with van der Waals surface area (Å²) in [6, 6.07) is 18.3. The summed E-state index contributed by atoms with van der Waals surface area (Å²) in [4.78, 5) is 0. The topological polar surface area (TPSA) is 46.2 Å². The van der Waals surface area contributed by atoms with Gasteiger partial charge in [-0.05, 0) is 42.5 Å². The Hall–Kier alpha value is -1.80. The standard InChI is InChI=1S/C19H23NO/c20-18(14-15-7-6-10-17(21)13-15)19(11-4-5-12-19)16-8-2-1-3-9-16/h1-3,6-10,13,18,21H,4-5,11-12,14,20H2. The van der Waals surface area contributed by atoms with Crippen LogP contribution in [0.25, 0.3) is 0 Å². The summed E-state index contributed by atoms with van der Waals surface area (Å²) in [5, 5.41) is 9.63. The first kappa shape index (κ1) is 14.2. The molecule has 2 aromatic carbocycles. The normalized spacial score (nSPS) is 18.5. The van der Waals surface area contributed by atoms with Crippen LogP contribution in [-0.2, 0) is 11.8 Å². The van der Waals surface area contributed by atoms with Crippen LogP contribution < -0.4 is 5.73 Å². The number of phenols is 1. The van der Waals surface area contributed by atoms with Crippen LogP contribution in [0.15, 0.2) is 54.6 Å². The summed E-state index contributed by atoms with van der Waals surface area (Å²) in [7, 11) is 0. The molecule has 0 radical (unpaired) electrons. The van der Waals surface area contributed by atoms with Gasteiger partial charge in [-0.3, -0.25) is 0 Å². The van der Waals surface area contributed by atoms with E-state index < -0.39 is 0 Å². The molecule has 1 aliphatic carbocycles. The van der Waals surface area contributed by atoms with Crippen LogP contribution in [-0.4, -0.2) is 11.1 Å². The van der Waals surface area contributed by atoms with Crippen LogP contribution in [0, 0.1) is 0 Å². The summed E-state index contributed by atoms with van der Waals surface area (Å²) in [5.74, 6) is 0.319. The van der Waals surface area contributed by atoms with Crippen molar-refractivity contribution in [2.45, 2.75) is 43.6 Å². The lowest BCUT2D eigenvalue weighted by Gasteiger charge is -2.36. The van der Waals surface area contributed by atoms with Crippen molar-refractivity contribution >= 4 is 0 Å². The van der Waals surface area contributed by atoms with Gasteiger partial charge in [-0.2, -0.15) is 0 Å². The van der Waals surface area contributed by atoms with Crippen LogP contribution in [0.4, 0.5) is 0 Å². The van der Waals surface area contributed by atoms with Gasteiger partial charge in [-0.1, -0.05) is 55.3 Å². The predicted octanol–water partition coefficient (Wildman–Crippen LogP) is 3.77. The zero-order chi connectivity index (χ0) is 14.7. The maximum absolute atomic E-state index is 9.63. The molecule has 3 N–H and O–H groups in total. The van der Waals surface area contributed by atoms with E-state index in [2.05, 4.69) is 30.3 Å². The van der Waals surface area contributed by atoms with Crippen molar-refractivity contribution < 1.29 is 5.11 Å². The van der Waals surface area contributed by atoms with E-state index in [0.29, 0.717) is 5.75 Å². The van der Waals surface area contributed by atoms with Gasteiger partial charge in [-0.15, -0.1) is 0 Å². The second-order valence-corrected chi connectivity index (χ2v) is 6.21. The minimum absolute atomic E-state index is 0.0872. The van der Waals surface area contributed by atoms with Crippen molar-refractivity contribution in [3.63, 3.8) is 0 Å². The van der Waals surface area contributed by atoms with Gasteiger partial charge in [0.15, 0.2) is 0 Å². The molecule has 1 unspecified atom stereocenters. The molecule has 1 saturated carbocycles. The van der Waals surface area contributed by atoms with Gasteiger partial charge in [0, 0.05) is 11.5 Å². The third kappa shape index (κ3) is 2.81. The number of benzene rings is 2. The highest BCUT2D eigenvalue weighted by Crippen LogP contribution is 2.44. The van der Waals surface area contributed by atoms with Crippen molar-refractivity contribution in [3.05, 3.63) is 65.7 Å². The Morgan fingerprint density at radius 2 is 1.71 bits per heavy atom. The molecule has 0 aromatic heterocycles. The van der Waals surface area contributed by atoms with E-state index in [1.165, 1.54) is 18.4 Å². The molecule has 2 heteroatoms. The molecule has 0 bridgehead atoms. The summed E-state index contributed by atoms with van der Waals surface area (Å²) in [5.41, 5.74) is 9.22. The van der Waals surface area contributed by atoms with E-state index in [1.807, 2.05) is 18.2 Å². The van der Waals surface area contributed by atoms with E-state index in [1.54, 1.807) is 6.07 Å². The number of phenolic OH excluding ortho intramolecular Hbond substituents is 1. The van der Waals surface area contributed by atoms with Gasteiger partial charge < -0.3 is 10.8 Å².